The normalized spacial score (nSPS) is 26.3. The van der Waals surface area contributed by atoms with Crippen molar-refractivity contribution in [1.82, 2.24) is 0 Å². The van der Waals surface area contributed by atoms with Crippen molar-refractivity contribution in [3.05, 3.63) is 35.6 Å². The van der Waals surface area contributed by atoms with Gasteiger partial charge in [-0.15, -0.1) is 0 Å². The zero-order chi connectivity index (χ0) is 18.7. The highest BCUT2D eigenvalue weighted by atomic mass is 32.2. The lowest BCUT2D eigenvalue weighted by Gasteiger charge is -2.28. The fourth-order valence-electron chi connectivity index (χ4n) is 3.26. The third-order valence-electron chi connectivity index (χ3n) is 4.51. The Bertz CT molecular complexity index is 745. The summed E-state index contributed by atoms with van der Waals surface area (Å²) in [5.41, 5.74) is 1.71. The van der Waals surface area contributed by atoms with Gasteiger partial charge in [-0.25, -0.2) is 0 Å². The number of aliphatic hydroxyl groups is 1. The van der Waals surface area contributed by atoms with Gasteiger partial charge in [-0.05, 0) is 13.0 Å². The summed E-state index contributed by atoms with van der Waals surface area (Å²) in [6, 6.07) is 5.74. The molecule has 7 heteroatoms. The highest BCUT2D eigenvalue weighted by Crippen LogP contribution is 2.41. The number of carbonyl (C=O) groups is 1. The minimum absolute atomic E-state index is 0.0732. The number of methoxy groups -OCH3 is 2. The van der Waals surface area contributed by atoms with E-state index >= 15 is 0 Å². The molecule has 0 radical (unpaired) electrons. The minimum Gasteiger partial charge on any atom is -0.497 e. The van der Waals surface area contributed by atoms with E-state index in [1.807, 2.05) is 18.2 Å². The lowest BCUT2D eigenvalue weighted by atomic mass is 9.90. The minimum atomic E-state index is -1.19. The Labute approximate surface area is 157 Å². The zero-order valence-corrected chi connectivity index (χ0v) is 15.9. The van der Waals surface area contributed by atoms with Crippen molar-refractivity contribution in [2.45, 2.75) is 24.9 Å². The predicted molar refractivity (Wildman–Crippen MR) is 101 cm³/mol. The van der Waals surface area contributed by atoms with E-state index in [2.05, 4.69) is 4.99 Å². The van der Waals surface area contributed by atoms with Crippen molar-refractivity contribution in [2.24, 2.45) is 10.9 Å². The molecular weight excluding hydrogens is 354 g/mol. The summed E-state index contributed by atoms with van der Waals surface area (Å²) >= 11 is 1.77. The van der Waals surface area contributed by atoms with Gasteiger partial charge in [0.1, 0.15) is 23.2 Å². The molecule has 1 aromatic carbocycles. The summed E-state index contributed by atoms with van der Waals surface area (Å²) in [5.74, 6) is 1.82. The first-order chi connectivity index (χ1) is 12.5. The number of nitrogens with zero attached hydrogens (tertiary/aromatic N) is 1. The Morgan fingerprint density at radius 3 is 2.81 bits per heavy atom. The van der Waals surface area contributed by atoms with Crippen LogP contribution in [0, 0.1) is 5.92 Å². The Hall–Kier alpha value is -1.99. The number of hydrogen-bond acceptors (Lipinski definition) is 7. The van der Waals surface area contributed by atoms with E-state index in [1.54, 1.807) is 32.9 Å². The van der Waals surface area contributed by atoms with Crippen LogP contribution in [-0.2, 0) is 9.53 Å². The molecule has 0 saturated heterocycles. The van der Waals surface area contributed by atoms with Gasteiger partial charge >= 0.3 is 0 Å². The molecule has 0 amide bonds. The molecule has 1 N–H and O–H groups in total. The molecular formula is C19H23NO5S. The first kappa shape index (κ1) is 18.8. The Morgan fingerprint density at radius 2 is 2.12 bits per heavy atom. The van der Waals surface area contributed by atoms with Crippen LogP contribution in [0.5, 0.6) is 11.5 Å². The third kappa shape index (κ3) is 3.88. The number of ether oxygens (including phenoxy) is 3. The van der Waals surface area contributed by atoms with E-state index in [4.69, 9.17) is 14.2 Å². The lowest BCUT2D eigenvalue weighted by Crippen LogP contribution is -2.39. The second-order valence-corrected chi connectivity index (χ2v) is 7.50. The van der Waals surface area contributed by atoms with Gasteiger partial charge in [0, 0.05) is 47.4 Å². The predicted octanol–water partition coefficient (Wildman–Crippen LogP) is 2.76. The highest BCUT2D eigenvalue weighted by Gasteiger charge is 2.37. The van der Waals surface area contributed by atoms with Crippen molar-refractivity contribution in [1.29, 1.82) is 0 Å². The Balaban J connectivity index is 1.88. The van der Waals surface area contributed by atoms with Crippen molar-refractivity contribution in [3.8, 4) is 11.5 Å². The molecule has 2 heterocycles. The quantitative estimate of drug-likeness (QED) is 0.869. The molecule has 0 fully saturated rings. The molecule has 2 aliphatic heterocycles. The molecule has 0 saturated carbocycles. The highest BCUT2D eigenvalue weighted by molar-refractivity contribution is 7.99. The van der Waals surface area contributed by atoms with E-state index in [0.29, 0.717) is 24.4 Å². The summed E-state index contributed by atoms with van der Waals surface area (Å²) in [6.45, 7) is 2.27. The molecule has 140 valence electrons. The van der Waals surface area contributed by atoms with E-state index in [1.165, 1.54) is 6.08 Å². The van der Waals surface area contributed by atoms with Gasteiger partial charge in [-0.1, -0.05) is 6.07 Å². The van der Waals surface area contributed by atoms with Gasteiger partial charge in [0.05, 0.1) is 14.2 Å². The molecule has 0 aromatic heterocycles. The van der Waals surface area contributed by atoms with Crippen molar-refractivity contribution in [2.75, 3.05) is 26.5 Å². The first-order valence-corrected chi connectivity index (χ1v) is 9.52. The van der Waals surface area contributed by atoms with E-state index in [-0.39, 0.29) is 11.0 Å². The third-order valence-corrected chi connectivity index (χ3v) is 5.75. The monoisotopic (exact) mass is 377 g/mol. The van der Waals surface area contributed by atoms with Crippen LogP contribution in [0.15, 0.2) is 35.0 Å². The second kappa shape index (κ2) is 8.14. The Kier molecular flexibility index (Phi) is 5.88. The molecule has 1 aromatic rings. The topological polar surface area (TPSA) is 77.4 Å². The van der Waals surface area contributed by atoms with E-state index in [9.17, 15) is 9.90 Å². The number of ketones is 1. The standard InChI is InChI=1S/C19H23NO5S/c1-11-8-15(21)18(19(22)25-11)14-10-17(26-7-6-20-14)13-5-4-12(23-2)9-16(13)24-3/h4-5,8-9,17-19,22H,6-7,10H2,1-3H3. The molecule has 3 rings (SSSR count). The number of benzene rings is 1. The van der Waals surface area contributed by atoms with Crippen molar-refractivity contribution in [3.63, 3.8) is 0 Å². The van der Waals surface area contributed by atoms with Crippen LogP contribution in [0.2, 0.25) is 0 Å². The van der Waals surface area contributed by atoms with Gasteiger partial charge in [0.25, 0.3) is 0 Å². The maximum absolute atomic E-state index is 12.4. The molecule has 0 spiro atoms. The van der Waals surface area contributed by atoms with Gasteiger partial charge < -0.3 is 19.3 Å². The SMILES string of the molecule is COc1ccc(C2CC(C3C(=O)C=C(C)OC3O)=NCCS2)c(OC)c1. The van der Waals surface area contributed by atoms with Crippen LogP contribution in [-0.4, -0.2) is 49.4 Å². The van der Waals surface area contributed by atoms with Gasteiger partial charge in [0.15, 0.2) is 5.78 Å². The maximum Gasteiger partial charge on any atom is 0.212 e. The van der Waals surface area contributed by atoms with Gasteiger partial charge in [-0.3, -0.25) is 9.79 Å². The summed E-state index contributed by atoms with van der Waals surface area (Å²) in [4.78, 5) is 17.0. The number of rotatable bonds is 4. The molecule has 6 nitrogen and oxygen atoms in total. The molecule has 2 aliphatic rings. The fourth-order valence-corrected chi connectivity index (χ4v) is 4.40. The van der Waals surface area contributed by atoms with Crippen LogP contribution in [0.25, 0.3) is 0 Å². The van der Waals surface area contributed by atoms with Crippen LogP contribution in [0.1, 0.15) is 24.2 Å². The summed E-state index contributed by atoms with van der Waals surface area (Å²) in [7, 11) is 3.25. The second-order valence-electron chi connectivity index (χ2n) is 6.19. The van der Waals surface area contributed by atoms with Crippen molar-refractivity contribution < 1.29 is 24.1 Å². The summed E-state index contributed by atoms with van der Waals surface area (Å²) < 4.78 is 16.1. The molecule has 3 unspecified atom stereocenters. The maximum atomic E-state index is 12.4. The number of hydrogen-bond donors (Lipinski definition) is 1. The Morgan fingerprint density at radius 1 is 1.31 bits per heavy atom. The zero-order valence-electron chi connectivity index (χ0n) is 15.1. The number of allylic oxidation sites excluding steroid dienone is 2. The average Bonchev–Trinajstić information content (AvgIpc) is 2.86. The van der Waals surface area contributed by atoms with Gasteiger partial charge in [-0.2, -0.15) is 11.8 Å². The van der Waals surface area contributed by atoms with Gasteiger partial charge in [0.2, 0.25) is 6.29 Å². The number of carbonyl (C=O) groups excluding carboxylic acids is 1. The number of aliphatic imine (C=N–C) groups is 1. The molecule has 3 atom stereocenters. The van der Waals surface area contributed by atoms with E-state index < -0.39 is 12.2 Å². The molecule has 26 heavy (non-hydrogen) atoms. The largest absolute Gasteiger partial charge is 0.497 e. The molecule has 0 aliphatic carbocycles. The van der Waals surface area contributed by atoms with Crippen LogP contribution in [0.3, 0.4) is 0 Å². The first-order valence-electron chi connectivity index (χ1n) is 8.47. The summed E-state index contributed by atoms with van der Waals surface area (Å²) in [6.07, 6.45) is 0.797. The summed E-state index contributed by atoms with van der Waals surface area (Å²) in [5, 5.41) is 10.3. The fraction of sp³-hybridized carbons (Fsp3) is 0.474. The van der Waals surface area contributed by atoms with Crippen LogP contribution < -0.4 is 9.47 Å². The number of thioether (sulfide) groups is 1. The lowest BCUT2D eigenvalue weighted by molar-refractivity contribution is -0.137. The number of aliphatic hydroxyl groups excluding tert-OH is 1. The van der Waals surface area contributed by atoms with Crippen molar-refractivity contribution >= 4 is 23.3 Å². The van der Waals surface area contributed by atoms with E-state index in [0.717, 1.165) is 22.8 Å². The van der Waals surface area contributed by atoms with Crippen LogP contribution >= 0.6 is 11.8 Å². The average molecular weight is 377 g/mol. The van der Waals surface area contributed by atoms with Crippen LogP contribution in [0.4, 0.5) is 0 Å². The molecule has 0 bridgehead atoms. The smallest absolute Gasteiger partial charge is 0.212 e.